The molecule has 1 aromatic carbocycles. The fraction of sp³-hybridized carbons (Fsp3) is 0.556. The second-order valence-electron chi connectivity index (χ2n) is 6.03. The van der Waals surface area contributed by atoms with E-state index in [4.69, 9.17) is 0 Å². The van der Waals surface area contributed by atoms with Crippen LogP contribution in [0.25, 0.3) is 0 Å². The Morgan fingerprint density at radius 1 is 1.21 bits per heavy atom. The summed E-state index contributed by atoms with van der Waals surface area (Å²) >= 11 is 0. The number of guanidine groups is 1. The smallest absolute Gasteiger partial charge is 0.251 e. The molecule has 132 valence electrons. The van der Waals surface area contributed by atoms with Gasteiger partial charge in [0.25, 0.3) is 5.91 Å². The third-order valence-electron chi connectivity index (χ3n) is 4.27. The van der Waals surface area contributed by atoms with E-state index in [0.29, 0.717) is 12.1 Å². The van der Waals surface area contributed by atoms with Crippen LogP contribution < -0.4 is 16.0 Å². The number of benzene rings is 1. The van der Waals surface area contributed by atoms with Crippen LogP contribution in [-0.2, 0) is 6.54 Å². The van der Waals surface area contributed by atoms with Gasteiger partial charge in [-0.1, -0.05) is 18.6 Å². The Kier molecular flexibility index (Phi) is 7.55. The van der Waals surface area contributed by atoms with Crippen molar-refractivity contribution in [1.82, 2.24) is 20.9 Å². The van der Waals surface area contributed by atoms with Crippen LogP contribution in [0.5, 0.6) is 0 Å². The lowest BCUT2D eigenvalue weighted by Crippen LogP contribution is -2.42. The molecule has 6 heteroatoms. The van der Waals surface area contributed by atoms with Gasteiger partial charge in [0.05, 0.1) is 0 Å². The second kappa shape index (κ2) is 9.93. The van der Waals surface area contributed by atoms with Crippen LogP contribution in [0, 0.1) is 0 Å². The van der Waals surface area contributed by atoms with Crippen LogP contribution in [0.4, 0.5) is 0 Å². The van der Waals surface area contributed by atoms with Gasteiger partial charge in [-0.25, -0.2) is 0 Å². The molecule has 24 heavy (non-hydrogen) atoms. The first-order valence-electron chi connectivity index (χ1n) is 8.71. The van der Waals surface area contributed by atoms with Crippen molar-refractivity contribution in [2.24, 2.45) is 4.99 Å². The molecule has 0 aromatic heterocycles. The van der Waals surface area contributed by atoms with Gasteiger partial charge in [-0.2, -0.15) is 0 Å². The fourth-order valence-corrected chi connectivity index (χ4v) is 2.89. The number of hydrogen-bond acceptors (Lipinski definition) is 3. The van der Waals surface area contributed by atoms with Crippen molar-refractivity contribution in [3.8, 4) is 0 Å². The molecule has 1 amide bonds. The van der Waals surface area contributed by atoms with Crippen LogP contribution in [0.2, 0.25) is 0 Å². The van der Waals surface area contributed by atoms with E-state index >= 15 is 0 Å². The van der Waals surface area contributed by atoms with Gasteiger partial charge in [0.2, 0.25) is 0 Å². The molecule has 1 fully saturated rings. The van der Waals surface area contributed by atoms with E-state index in [1.165, 1.54) is 32.4 Å². The predicted octanol–water partition coefficient (Wildman–Crippen LogP) is 1.20. The summed E-state index contributed by atoms with van der Waals surface area (Å²) in [7, 11) is 3.42. The first-order valence-corrected chi connectivity index (χ1v) is 8.71. The number of aliphatic imine (C=N–C) groups is 1. The number of amides is 1. The molecular weight excluding hydrogens is 302 g/mol. The van der Waals surface area contributed by atoms with Crippen LogP contribution >= 0.6 is 0 Å². The van der Waals surface area contributed by atoms with E-state index in [1.807, 2.05) is 24.3 Å². The molecule has 1 aromatic rings. The molecule has 1 heterocycles. The van der Waals surface area contributed by atoms with Crippen molar-refractivity contribution < 1.29 is 4.79 Å². The summed E-state index contributed by atoms with van der Waals surface area (Å²) in [6.07, 6.45) is 3.99. The average Bonchev–Trinajstić information content (AvgIpc) is 2.65. The number of nitrogens with zero attached hydrogens (tertiary/aromatic N) is 2. The highest BCUT2D eigenvalue weighted by atomic mass is 16.1. The molecule has 6 nitrogen and oxygen atoms in total. The normalized spacial score (nSPS) is 15.8. The third kappa shape index (κ3) is 5.85. The van der Waals surface area contributed by atoms with Crippen molar-refractivity contribution in [2.75, 3.05) is 40.3 Å². The molecule has 1 aliphatic rings. The molecule has 0 spiro atoms. The van der Waals surface area contributed by atoms with E-state index in [0.717, 1.165) is 24.6 Å². The molecule has 0 aliphatic carbocycles. The minimum absolute atomic E-state index is 0.0686. The molecule has 1 saturated heterocycles. The summed E-state index contributed by atoms with van der Waals surface area (Å²) < 4.78 is 0. The van der Waals surface area contributed by atoms with Gasteiger partial charge in [-0.3, -0.25) is 9.79 Å². The molecule has 1 aliphatic heterocycles. The Balaban J connectivity index is 1.75. The largest absolute Gasteiger partial charge is 0.355 e. The van der Waals surface area contributed by atoms with Gasteiger partial charge in [0, 0.05) is 39.3 Å². The van der Waals surface area contributed by atoms with E-state index in [1.54, 1.807) is 14.1 Å². The molecule has 0 bridgehead atoms. The maximum Gasteiger partial charge on any atom is 0.251 e. The maximum atomic E-state index is 11.7. The third-order valence-corrected chi connectivity index (χ3v) is 4.27. The van der Waals surface area contributed by atoms with Gasteiger partial charge in [-0.15, -0.1) is 0 Å². The Hall–Kier alpha value is -2.08. The van der Waals surface area contributed by atoms with Crippen molar-refractivity contribution in [3.05, 3.63) is 35.4 Å². The lowest BCUT2D eigenvalue weighted by Gasteiger charge is -2.26. The lowest BCUT2D eigenvalue weighted by molar-refractivity contribution is 0.0963. The lowest BCUT2D eigenvalue weighted by atomic mass is 10.1. The Morgan fingerprint density at radius 2 is 2.00 bits per heavy atom. The van der Waals surface area contributed by atoms with Gasteiger partial charge >= 0.3 is 0 Å². The predicted molar refractivity (Wildman–Crippen MR) is 98.3 cm³/mol. The first kappa shape index (κ1) is 18.3. The zero-order valence-corrected chi connectivity index (χ0v) is 14.8. The molecule has 0 radical (unpaired) electrons. The monoisotopic (exact) mass is 331 g/mol. The Bertz CT molecular complexity index is 552. The zero-order chi connectivity index (χ0) is 17.2. The Labute approximate surface area is 144 Å². The highest BCUT2D eigenvalue weighted by Crippen LogP contribution is 2.07. The summed E-state index contributed by atoms with van der Waals surface area (Å²) in [4.78, 5) is 18.4. The van der Waals surface area contributed by atoms with Crippen molar-refractivity contribution in [1.29, 1.82) is 0 Å². The van der Waals surface area contributed by atoms with Gasteiger partial charge < -0.3 is 20.9 Å². The number of piperidine rings is 1. The number of carbonyl (C=O) groups is 1. The molecule has 0 unspecified atom stereocenters. The summed E-state index contributed by atoms with van der Waals surface area (Å²) in [6.45, 7) is 4.99. The SMILES string of the molecule is CN=C(NCCN1CCCCC1)NCc1cccc(C(=O)NC)c1. The van der Waals surface area contributed by atoms with Crippen molar-refractivity contribution in [3.63, 3.8) is 0 Å². The maximum absolute atomic E-state index is 11.7. The summed E-state index contributed by atoms with van der Waals surface area (Å²) in [5, 5.41) is 9.29. The van der Waals surface area contributed by atoms with E-state index in [2.05, 4.69) is 25.8 Å². The minimum Gasteiger partial charge on any atom is -0.355 e. The molecular formula is C18H29N5O. The zero-order valence-electron chi connectivity index (χ0n) is 14.8. The molecule has 0 atom stereocenters. The highest BCUT2D eigenvalue weighted by Gasteiger charge is 2.09. The van der Waals surface area contributed by atoms with Gasteiger partial charge in [-0.05, 0) is 43.6 Å². The number of hydrogen-bond donors (Lipinski definition) is 3. The topological polar surface area (TPSA) is 68.8 Å². The van der Waals surface area contributed by atoms with Crippen molar-refractivity contribution in [2.45, 2.75) is 25.8 Å². The quantitative estimate of drug-likeness (QED) is 0.541. The number of likely N-dealkylation sites (tertiary alicyclic amines) is 1. The van der Waals surface area contributed by atoms with Crippen LogP contribution in [0.1, 0.15) is 35.2 Å². The summed E-state index contributed by atoms with van der Waals surface area (Å²) in [5.41, 5.74) is 1.72. The number of carbonyl (C=O) groups excluding carboxylic acids is 1. The van der Waals surface area contributed by atoms with E-state index in [-0.39, 0.29) is 5.91 Å². The number of rotatable bonds is 6. The number of nitrogens with one attached hydrogen (secondary N) is 3. The first-order chi connectivity index (χ1) is 11.7. The van der Waals surface area contributed by atoms with E-state index < -0.39 is 0 Å². The van der Waals surface area contributed by atoms with Crippen LogP contribution in [0.15, 0.2) is 29.3 Å². The minimum atomic E-state index is -0.0686. The summed E-state index contributed by atoms with van der Waals surface area (Å²) in [5.74, 6) is 0.721. The van der Waals surface area contributed by atoms with Crippen molar-refractivity contribution >= 4 is 11.9 Å². The second-order valence-corrected chi connectivity index (χ2v) is 6.03. The van der Waals surface area contributed by atoms with Crippen LogP contribution in [-0.4, -0.2) is 57.0 Å². The average molecular weight is 331 g/mol. The highest BCUT2D eigenvalue weighted by molar-refractivity contribution is 5.94. The van der Waals surface area contributed by atoms with Gasteiger partial charge in [0.15, 0.2) is 5.96 Å². The standard InChI is InChI=1S/C18H29N5O/c1-19-17(24)16-8-6-7-15(13-16)14-22-18(20-2)21-9-12-23-10-4-3-5-11-23/h6-8,13H,3-5,9-12,14H2,1-2H3,(H,19,24)(H2,20,21,22). The molecule has 0 saturated carbocycles. The Morgan fingerprint density at radius 3 is 2.71 bits per heavy atom. The molecule has 3 N–H and O–H groups in total. The van der Waals surface area contributed by atoms with E-state index in [9.17, 15) is 4.79 Å². The van der Waals surface area contributed by atoms with Crippen LogP contribution in [0.3, 0.4) is 0 Å². The van der Waals surface area contributed by atoms with Gasteiger partial charge in [0.1, 0.15) is 0 Å². The fourth-order valence-electron chi connectivity index (χ4n) is 2.89. The summed E-state index contributed by atoms with van der Waals surface area (Å²) in [6, 6.07) is 7.61. The molecule has 2 rings (SSSR count).